The van der Waals surface area contributed by atoms with Crippen LogP contribution < -0.4 is 0 Å². The summed E-state index contributed by atoms with van der Waals surface area (Å²) < 4.78 is 13.6. The van der Waals surface area contributed by atoms with Gasteiger partial charge in [-0.25, -0.2) is 9.59 Å². The second-order valence-corrected chi connectivity index (χ2v) is 3.29. The van der Waals surface area contributed by atoms with E-state index < -0.39 is 17.9 Å². The second-order valence-electron chi connectivity index (χ2n) is 3.29. The van der Waals surface area contributed by atoms with Gasteiger partial charge in [-0.3, -0.25) is 0 Å². The minimum atomic E-state index is -1.38. The summed E-state index contributed by atoms with van der Waals surface area (Å²) in [5.41, 5.74) is -0.963. The molecule has 0 aromatic rings. The minimum Gasteiger partial charge on any atom is -0.450 e. The molecule has 0 aliphatic carbocycles. The lowest BCUT2D eigenvalue weighted by atomic mass is 10.1. The first-order valence-corrected chi connectivity index (χ1v) is 4.19. The molecule has 0 spiro atoms. The second kappa shape index (κ2) is 6.07. The molecule has 0 bridgehead atoms. The first kappa shape index (κ1) is 13.5. The van der Waals surface area contributed by atoms with Crippen LogP contribution in [0.5, 0.6) is 0 Å². The molecule has 0 atom stereocenters. The average Bonchev–Trinajstić information content (AvgIpc) is 1.99. The van der Waals surface area contributed by atoms with Crippen molar-refractivity contribution in [2.45, 2.75) is 19.4 Å². The van der Waals surface area contributed by atoms with Gasteiger partial charge in [-0.1, -0.05) is 0 Å². The van der Waals surface area contributed by atoms with Crippen molar-refractivity contribution in [1.82, 2.24) is 0 Å². The summed E-state index contributed by atoms with van der Waals surface area (Å²) in [6.45, 7) is 3.07. The van der Waals surface area contributed by atoms with Gasteiger partial charge in [-0.2, -0.15) is 0 Å². The molecule has 7 heteroatoms. The van der Waals surface area contributed by atoms with E-state index in [4.69, 9.17) is 14.9 Å². The van der Waals surface area contributed by atoms with Crippen molar-refractivity contribution < 1.29 is 34.0 Å². The lowest BCUT2D eigenvalue weighted by Crippen LogP contribution is -2.33. The van der Waals surface area contributed by atoms with Gasteiger partial charge in [0.2, 0.25) is 0 Å². The van der Waals surface area contributed by atoms with Crippen LogP contribution in [0.1, 0.15) is 13.8 Å². The molecule has 0 amide bonds. The molecule has 2 N–H and O–H groups in total. The fraction of sp³-hybridized carbons (Fsp3) is 0.750. The number of hydrogen-bond donors (Lipinski definition) is 2. The van der Waals surface area contributed by atoms with Crippen molar-refractivity contribution in [3.8, 4) is 0 Å². The van der Waals surface area contributed by atoms with Crippen LogP contribution in [-0.2, 0) is 14.2 Å². The van der Waals surface area contributed by atoms with Crippen LogP contribution in [0.2, 0.25) is 0 Å². The van der Waals surface area contributed by atoms with Gasteiger partial charge in [0.15, 0.2) is 0 Å². The van der Waals surface area contributed by atoms with E-state index in [1.807, 2.05) is 0 Å². The van der Waals surface area contributed by atoms with Gasteiger partial charge in [0.05, 0.1) is 13.2 Å². The SMILES string of the molecule is CC(C)(COCCOC(=O)O)OC(=O)O. The summed E-state index contributed by atoms with van der Waals surface area (Å²) in [6.07, 6.45) is -2.76. The molecule has 0 rings (SSSR count). The van der Waals surface area contributed by atoms with Crippen LogP contribution in [0.15, 0.2) is 0 Å². The third-order valence-corrected chi connectivity index (χ3v) is 1.27. The summed E-state index contributed by atoms with van der Waals surface area (Å²) in [5.74, 6) is 0. The maximum Gasteiger partial charge on any atom is 0.506 e. The number of ether oxygens (including phenoxy) is 3. The van der Waals surface area contributed by atoms with Crippen molar-refractivity contribution in [2.24, 2.45) is 0 Å². The van der Waals surface area contributed by atoms with Gasteiger partial charge in [0, 0.05) is 0 Å². The predicted molar refractivity (Wildman–Crippen MR) is 48.0 cm³/mol. The van der Waals surface area contributed by atoms with Crippen molar-refractivity contribution in [3.05, 3.63) is 0 Å². The van der Waals surface area contributed by atoms with E-state index in [0.717, 1.165) is 0 Å². The van der Waals surface area contributed by atoms with E-state index in [-0.39, 0.29) is 19.8 Å². The van der Waals surface area contributed by atoms with E-state index in [0.29, 0.717) is 0 Å². The number of carboxylic acid groups (broad SMARTS) is 2. The Balaban J connectivity index is 3.57. The first-order chi connectivity index (χ1) is 6.83. The number of rotatable bonds is 6. The first-order valence-electron chi connectivity index (χ1n) is 4.19. The molecule has 0 unspecified atom stereocenters. The molecule has 0 saturated heterocycles. The maximum absolute atomic E-state index is 10.2. The molecule has 0 aromatic heterocycles. The third-order valence-electron chi connectivity index (χ3n) is 1.27. The number of hydrogen-bond acceptors (Lipinski definition) is 5. The molecule has 0 radical (unpaired) electrons. The monoisotopic (exact) mass is 222 g/mol. The van der Waals surface area contributed by atoms with Crippen LogP contribution in [0.25, 0.3) is 0 Å². The summed E-state index contributed by atoms with van der Waals surface area (Å²) in [4.78, 5) is 20.1. The highest BCUT2D eigenvalue weighted by Crippen LogP contribution is 2.09. The molecule has 7 nitrogen and oxygen atoms in total. The predicted octanol–water partition coefficient (Wildman–Crippen LogP) is 1.17. The summed E-state index contributed by atoms with van der Waals surface area (Å²) in [7, 11) is 0. The molecule has 0 aromatic carbocycles. The number of carbonyl (C=O) groups is 2. The Morgan fingerprint density at radius 3 is 2.20 bits per heavy atom. The van der Waals surface area contributed by atoms with E-state index >= 15 is 0 Å². The molecule has 0 saturated carbocycles. The topological polar surface area (TPSA) is 102 Å². The largest absolute Gasteiger partial charge is 0.506 e. The molecular weight excluding hydrogens is 208 g/mol. The highest BCUT2D eigenvalue weighted by Gasteiger charge is 2.22. The zero-order valence-electron chi connectivity index (χ0n) is 8.56. The maximum atomic E-state index is 10.2. The van der Waals surface area contributed by atoms with Crippen LogP contribution in [0.3, 0.4) is 0 Å². The van der Waals surface area contributed by atoms with Crippen molar-refractivity contribution in [1.29, 1.82) is 0 Å². The highest BCUT2D eigenvalue weighted by atomic mass is 16.7. The molecule has 88 valence electrons. The molecule has 0 heterocycles. The van der Waals surface area contributed by atoms with Crippen molar-refractivity contribution in [3.63, 3.8) is 0 Å². The minimum absolute atomic E-state index is 0.0300. The van der Waals surface area contributed by atoms with Crippen LogP contribution in [-0.4, -0.2) is 47.9 Å². The summed E-state index contributed by atoms with van der Waals surface area (Å²) in [6, 6.07) is 0. The molecule has 0 aliphatic heterocycles. The van der Waals surface area contributed by atoms with E-state index in [9.17, 15) is 9.59 Å². The van der Waals surface area contributed by atoms with Gasteiger partial charge < -0.3 is 24.4 Å². The Kier molecular flexibility index (Phi) is 5.46. The van der Waals surface area contributed by atoms with Gasteiger partial charge in [0.1, 0.15) is 12.2 Å². The molecule has 0 fully saturated rings. The van der Waals surface area contributed by atoms with E-state index in [1.54, 1.807) is 13.8 Å². The Labute approximate surface area is 86.5 Å². The third kappa shape index (κ3) is 8.82. The van der Waals surface area contributed by atoms with Gasteiger partial charge in [-0.05, 0) is 13.8 Å². The quantitative estimate of drug-likeness (QED) is 0.513. The lowest BCUT2D eigenvalue weighted by molar-refractivity contribution is -0.0575. The Morgan fingerprint density at radius 1 is 1.13 bits per heavy atom. The fourth-order valence-electron chi connectivity index (χ4n) is 0.772. The summed E-state index contributed by atoms with van der Waals surface area (Å²) in [5, 5.41) is 16.5. The van der Waals surface area contributed by atoms with Gasteiger partial charge in [0.25, 0.3) is 0 Å². The molecule has 0 aliphatic rings. The Morgan fingerprint density at radius 2 is 1.73 bits per heavy atom. The van der Waals surface area contributed by atoms with Crippen molar-refractivity contribution >= 4 is 12.3 Å². The Bertz CT molecular complexity index is 223. The zero-order valence-corrected chi connectivity index (χ0v) is 8.56. The average molecular weight is 222 g/mol. The zero-order chi connectivity index (χ0) is 11.9. The van der Waals surface area contributed by atoms with Gasteiger partial charge in [-0.15, -0.1) is 0 Å². The molecular formula is C8H14O7. The molecule has 15 heavy (non-hydrogen) atoms. The standard InChI is InChI=1S/C8H14O7/c1-8(2,15-7(11)12)5-13-3-4-14-6(9)10/h3-5H2,1-2H3,(H,9,10)(H,11,12). The summed E-state index contributed by atoms with van der Waals surface area (Å²) >= 11 is 0. The Hall–Kier alpha value is -1.50. The highest BCUT2D eigenvalue weighted by molar-refractivity contribution is 5.57. The van der Waals surface area contributed by atoms with Crippen LogP contribution in [0, 0.1) is 0 Å². The van der Waals surface area contributed by atoms with E-state index in [2.05, 4.69) is 9.47 Å². The van der Waals surface area contributed by atoms with E-state index in [1.165, 1.54) is 0 Å². The van der Waals surface area contributed by atoms with Gasteiger partial charge >= 0.3 is 12.3 Å². The van der Waals surface area contributed by atoms with Crippen LogP contribution in [0.4, 0.5) is 9.59 Å². The fourth-order valence-corrected chi connectivity index (χ4v) is 0.772. The smallest absolute Gasteiger partial charge is 0.450 e. The normalized spacial score (nSPS) is 10.8. The lowest BCUT2D eigenvalue weighted by Gasteiger charge is -2.22. The van der Waals surface area contributed by atoms with Crippen molar-refractivity contribution in [2.75, 3.05) is 19.8 Å². The van der Waals surface area contributed by atoms with Crippen LogP contribution >= 0.6 is 0 Å².